The van der Waals surface area contributed by atoms with E-state index in [4.69, 9.17) is 4.74 Å². The minimum absolute atomic E-state index is 0.198. The second kappa shape index (κ2) is 6.30. The van der Waals surface area contributed by atoms with Crippen molar-refractivity contribution in [3.63, 3.8) is 0 Å². The summed E-state index contributed by atoms with van der Waals surface area (Å²) < 4.78 is 5.49. The number of amides is 1. The van der Waals surface area contributed by atoms with E-state index in [0.717, 1.165) is 26.0 Å². The van der Waals surface area contributed by atoms with Crippen molar-refractivity contribution in [1.82, 2.24) is 15.5 Å². The van der Waals surface area contributed by atoms with Gasteiger partial charge in [0, 0.05) is 19.7 Å². The molecule has 1 unspecified atom stereocenters. The van der Waals surface area contributed by atoms with Gasteiger partial charge in [-0.25, -0.2) is 0 Å². The van der Waals surface area contributed by atoms with Gasteiger partial charge in [0.05, 0.1) is 6.10 Å². The first-order valence-electron chi connectivity index (χ1n) is 6.27. The summed E-state index contributed by atoms with van der Waals surface area (Å²) in [5.74, 6) is 0.467. The third-order valence-electron chi connectivity index (χ3n) is 2.77. The van der Waals surface area contributed by atoms with Crippen molar-refractivity contribution in [2.24, 2.45) is 0 Å². The van der Waals surface area contributed by atoms with Crippen LogP contribution in [0.3, 0.4) is 0 Å². The maximum Gasteiger partial charge on any atom is 0.271 e. The second-order valence-corrected chi connectivity index (χ2v) is 4.18. The van der Waals surface area contributed by atoms with Crippen molar-refractivity contribution in [1.29, 1.82) is 0 Å². The van der Waals surface area contributed by atoms with E-state index in [1.807, 2.05) is 6.92 Å². The fourth-order valence-corrected chi connectivity index (χ4v) is 1.82. The van der Waals surface area contributed by atoms with Crippen molar-refractivity contribution in [2.75, 3.05) is 25.0 Å². The van der Waals surface area contributed by atoms with Gasteiger partial charge in [0.1, 0.15) is 5.82 Å². The monoisotopic (exact) mass is 250 g/mol. The molecule has 1 aromatic heterocycles. The van der Waals surface area contributed by atoms with E-state index in [2.05, 4.69) is 20.8 Å². The van der Waals surface area contributed by atoms with Crippen LogP contribution in [-0.2, 0) is 4.74 Å². The summed E-state index contributed by atoms with van der Waals surface area (Å²) in [6, 6.07) is 3.42. The molecule has 0 bridgehead atoms. The van der Waals surface area contributed by atoms with Crippen molar-refractivity contribution < 1.29 is 9.53 Å². The van der Waals surface area contributed by atoms with E-state index in [1.54, 1.807) is 12.1 Å². The van der Waals surface area contributed by atoms with E-state index in [9.17, 15) is 4.79 Å². The summed E-state index contributed by atoms with van der Waals surface area (Å²) in [6.45, 7) is 4.02. The first kappa shape index (κ1) is 12.8. The Hall–Kier alpha value is -1.69. The minimum atomic E-state index is -0.198. The van der Waals surface area contributed by atoms with E-state index in [1.165, 1.54) is 0 Å². The molecule has 1 atom stereocenters. The molecule has 2 N–H and O–H groups in total. The second-order valence-electron chi connectivity index (χ2n) is 4.18. The fourth-order valence-electron chi connectivity index (χ4n) is 1.82. The van der Waals surface area contributed by atoms with E-state index < -0.39 is 0 Å². The Balaban J connectivity index is 1.85. The third-order valence-corrected chi connectivity index (χ3v) is 2.77. The molecule has 98 valence electrons. The lowest BCUT2D eigenvalue weighted by Gasteiger charge is -2.10. The number of anilines is 1. The first-order chi connectivity index (χ1) is 8.79. The van der Waals surface area contributed by atoms with Gasteiger partial charge in [0.25, 0.3) is 5.91 Å². The van der Waals surface area contributed by atoms with Gasteiger partial charge >= 0.3 is 0 Å². The van der Waals surface area contributed by atoms with Gasteiger partial charge in [0.15, 0.2) is 5.69 Å². The average Bonchev–Trinajstić information content (AvgIpc) is 2.90. The van der Waals surface area contributed by atoms with Crippen molar-refractivity contribution in [2.45, 2.75) is 25.9 Å². The van der Waals surface area contributed by atoms with Crippen LogP contribution >= 0.6 is 0 Å². The van der Waals surface area contributed by atoms with Crippen LogP contribution in [0.5, 0.6) is 0 Å². The normalized spacial score (nSPS) is 18.6. The van der Waals surface area contributed by atoms with Crippen LogP contribution in [-0.4, -0.2) is 41.9 Å². The van der Waals surface area contributed by atoms with E-state index in [-0.39, 0.29) is 12.0 Å². The van der Waals surface area contributed by atoms with Crippen LogP contribution < -0.4 is 10.6 Å². The lowest BCUT2D eigenvalue weighted by Crippen LogP contribution is -2.24. The van der Waals surface area contributed by atoms with Crippen molar-refractivity contribution >= 4 is 11.7 Å². The molecule has 0 aliphatic carbocycles. The Labute approximate surface area is 106 Å². The Kier molecular flexibility index (Phi) is 4.46. The highest BCUT2D eigenvalue weighted by Gasteiger charge is 2.15. The van der Waals surface area contributed by atoms with Crippen LogP contribution in [0.25, 0.3) is 0 Å². The van der Waals surface area contributed by atoms with Gasteiger partial charge in [-0.1, -0.05) is 0 Å². The molecule has 6 heteroatoms. The molecular weight excluding hydrogens is 232 g/mol. The molecule has 1 aromatic rings. The van der Waals surface area contributed by atoms with Gasteiger partial charge in [-0.05, 0) is 31.9 Å². The molecule has 1 saturated heterocycles. The van der Waals surface area contributed by atoms with Crippen LogP contribution in [0.4, 0.5) is 5.82 Å². The Morgan fingerprint density at radius 3 is 3.00 bits per heavy atom. The van der Waals surface area contributed by atoms with Gasteiger partial charge < -0.3 is 15.4 Å². The number of rotatable bonds is 5. The summed E-state index contributed by atoms with van der Waals surface area (Å²) >= 11 is 0. The minimum Gasteiger partial charge on any atom is -0.376 e. The van der Waals surface area contributed by atoms with Gasteiger partial charge in [-0.15, -0.1) is 10.2 Å². The first-order valence-corrected chi connectivity index (χ1v) is 6.27. The lowest BCUT2D eigenvalue weighted by atomic mass is 10.2. The zero-order chi connectivity index (χ0) is 12.8. The number of nitrogens with one attached hydrogen (secondary N) is 2. The topological polar surface area (TPSA) is 76.1 Å². The average molecular weight is 250 g/mol. The lowest BCUT2D eigenvalue weighted by molar-refractivity contribution is 0.0950. The molecule has 1 aliphatic heterocycles. The van der Waals surface area contributed by atoms with Gasteiger partial charge in [0.2, 0.25) is 0 Å². The smallest absolute Gasteiger partial charge is 0.271 e. The molecule has 0 radical (unpaired) electrons. The largest absolute Gasteiger partial charge is 0.376 e. The number of hydrogen-bond acceptors (Lipinski definition) is 5. The molecular formula is C12H18N4O2. The third kappa shape index (κ3) is 3.40. The predicted molar refractivity (Wildman–Crippen MR) is 67.5 cm³/mol. The summed E-state index contributed by atoms with van der Waals surface area (Å²) in [7, 11) is 0. The molecule has 1 aliphatic rings. The number of nitrogens with zero attached hydrogens (tertiary/aromatic N) is 2. The molecule has 6 nitrogen and oxygen atoms in total. The summed E-state index contributed by atoms with van der Waals surface area (Å²) in [6.07, 6.45) is 2.46. The molecule has 18 heavy (non-hydrogen) atoms. The zero-order valence-corrected chi connectivity index (χ0v) is 10.5. The van der Waals surface area contributed by atoms with E-state index >= 15 is 0 Å². The van der Waals surface area contributed by atoms with Crippen molar-refractivity contribution in [3.8, 4) is 0 Å². The zero-order valence-electron chi connectivity index (χ0n) is 10.5. The molecule has 1 amide bonds. The van der Waals surface area contributed by atoms with Crippen LogP contribution in [0, 0.1) is 0 Å². The maximum atomic E-state index is 11.5. The highest BCUT2D eigenvalue weighted by Crippen LogP contribution is 2.12. The maximum absolute atomic E-state index is 11.5. The van der Waals surface area contributed by atoms with Gasteiger partial charge in [-0.3, -0.25) is 4.79 Å². The van der Waals surface area contributed by atoms with Crippen LogP contribution in [0.1, 0.15) is 30.3 Å². The quantitative estimate of drug-likeness (QED) is 0.809. The Morgan fingerprint density at radius 2 is 2.39 bits per heavy atom. The molecule has 0 spiro atoms. The predicted octanol–water partition coefficient (Wildman–Crippen LogP) is 0.817. The number of ether oxygens (including phenoxy) is 1. The molecule has 2 rings (SSSR count). The van der Waals surface area contributed by atoms with E-state index in [0.29, 0.717) is 18.1 Å². The standard InChI is InChI=1S/C12H18N4O2/c1-2-13-12(17)10-5-6-11(16-15-10)14-8-9-4-3-7-18-9/h5-6,9H,2-4,7-8H2,1H3,(H,13,17)(H,14,16). The highest BCUT2D eigenvalue weighted by atomic mass is 16.5. The van der Waals surface area contributed by atoms with Crippen LogP contribution in [0.2, 0.25) is 0 Å². The molecule has 0 aromatic carbocycles. The molecule has 2 heterocycles. The summed E-state index contributed by atoms with van der Waals surface area (Å²) in [4.78, 5) is 11.5. The summed E-state index contributed by atoms with van der Waals surface area (Å²) in [5, 5.41) is 13.7. The number of hydrogen-bond donors (Lipinski definition) is 2. The number of carbonyl (C=O) groups is 1. The molecule has 0 saturated carbocycles. The van der Waals surface area contributed by atoms with Crippen LogP contribution in [0.15, 0.2) is 12.1 Å². The van der Waals surface area contributed by atoms with Gasteiger partial charge in [-0.2, -0.15) is 0 Å². The Bertz CT molecular complexity index is 388. The Morgan fingerprint density at radius 1 is 1.50 bits per heavy atom. The van der Waals surface area contributed by atoms with Crippen molar-refractivity contribution in [3.05, 3.63) is 17.8 Å². The summed E-state index contributed by atoms with van der Waals surface area (Å²) in [5.41, 5.74) is 0.333. The number of aromatic nitrogens is 2. The molecule has 1 fully saturated rings. The SMILES string of the molecule is CCNC(=O)c1ccc(NCC2CCCO2)nn1. The highest BCUT2D eigenvalue weighted by molar-refractivity contribution is 5.92. The fraction of sp³-hybridized carbons (Fsp3) is 0.583. The number of carbonyl (C=O) groups excluding carboxylic acids is 1.